The van der Waals surface area contributed by atoms with E-state index in [2.05, 4.69) is 36.1 Å². The predicted molar refractivity (Wildman–Crippen MR) is 141 cm³/mol. The number of aromatic nitrogens is 3. The molecule has 0 radical (unpaired) electrons. The number of para-hydroxylation sites is 3. The number of nitro benzene ring substituents is 1. The van der Waals surface area contributed by atoms with E-state index in [-0.39, 0.29) is 11.6 Å². The first-order valence-corrected chi connectivity index (χ1v) is 11.2. The zero-order valence-corrected chi connectivity index (χ0v) is 19.3. The number of anilines is 5. The average Bonchev–Trinajstić information content (AvgIpc) is 3.38. The van der Waals surface area contributed by atoms with E-state index >= 15 is 0 Å². The van der Waals surface area contributed by atoms with Gasteiger partial charge in [0.1, 0.15) is 11.5 Å². The van der Waals surface area contributed by atoms with Crippen LogP contribution in [0, 0.1) is 10.1 Å². The van der Waals surface area contributed by atoms with Gasteiger partial charge in [0.25, 0.3) is 5.69 Å². The van der Waals surface area contributed by atoms with E-state index < -0.39 is 4.92 Å². The number of rotatable bonds is 9. The van der Waals surface area contributed by atoms with Crippen LogP contribution in [0.15, 0.2) is 107 Å². The summed E-state index contributed by atoms with van der Waals surface area (Å²) in [6, 6.07) is 28.7. The van der Waals surface area contributed by atoms with Crippen LogP contribution in [0.5, 0.6) is 0 Å². The molecular formula is C26H20N8O3. The highest BCUT2D eigenvalue weighted by Gasteiger charge is 2.16. The fraction of sp³-hybridized carbons (Fsp3) is 0. The third-order valence-electron chi connectivity index (χ3n) is 5.04. The highest BCUT2D eigenvalue weighted by molar-refractivity contribution is 5.79. The van der Waals surface area contributed by atoms with Crippen molar-refractivity contribution in [1.82, 2.24) is 15.0 Å². The molecule has 3 N–H and O–H groups in total. The summed E-state index contributed by atoms with van der Waals surface area (Å²) in [6.45, 7) is 0. The summed E-state index contributed by atoms with van der Waals surface area (Å²) < 4.78 is 5.73. The molecular weight excluding hydrogens is 472 g/mol. The van der Waals surface area contributed by atoms with Crippen molar-refractivity contribution in [1.29, 1.82) is 0 Å². The minimum atomic E-state index is -0.448. The third kappa shape index (κ3) is 5.92. The summed E-state index contributed by atoms with van der Waals surface area (Å²) in [4.78, 5) is 24.1. The molecule has 0 fully saturated rings. The van der Waals surface area contributed by atoms with Crippen molar-refractivity contribution in [3.63, 3.8) is 0 Å². The van der Waals surface area contributed by atoms with Crippen molar-refractivity contribution in [3.05, 3.63) is 113 Å². The predicted octanol–water partition coefficient (Wildman–Crippen LogP) is 5.97. The molecule has 5 rings (SSSR count). The number of benzene rings is 3. The summed E-state index contributed by atoms with van der Waals surface area (Å²) >= 11 is 0. The number of hydrogen-bond acceptors (Lipinski definition) is 10. The summed E-state index contributed by atoms with van der Waals surface area (Å²) in [5.74, 6) is 1.56. The van der Waals surface area contributed by atoms with Crippen molar-refractivity contribution in [2.24, 2.45) is 5.10 Å². The number of furan rings is 1. The van der Waals surface area contributed by atoms with Gasteiger partial charge in [-0.2, -0.15) is 20.1 Å². The van der Waals surface area contributed by atoms with E-state index in [9.17, 15) is 10.1 Å². The molecule has 0 spiro atoms. The van der Waals surface area contributed by atoms with E-state index in [1.165, 1.54) is 12.3 Å². The van der Waals surface area contributed by atoms with Crippen LogP contribution in [0.3, 0.4) is 0 Å². The minimum Gasteiger partial charge on any atom is -0.455 e. The van der Waals surface area contributed by atoms with Crippen molar-refractivity contribution in [2.75, 3.05) is 16.1 Å². The van der Waals surface area contributed by atoms with Gasteiger partial charge < -0.3 is 15.1 Å². The summed E-state index contributed by atoms with van der Waals surface area (Å²) in [5.41, 5.74) is 4.75. The first-order chi connectivity index (χ1) is 18.1. The maximum absolute atomic E-state index is 11.3. The van der Waals surface area contributed by atoms with Gasteiger partial charge in [-0.3, -0.25) is 10.1 Å². The number of hydrogen-bond donors (Lipinski definition) is 3. The molecule has 0 unspecified atom stereocenters. The quantitative estimate of drug-likeness (QED) is 0.129. The zero-order valence-electron chi connectivity index (χ0n) is 19.3. The third-order valence-corrected chi connectivity index (χ3v) is 5.04. The van der Waals surface area contributed by atoms with Gasteiger partial charge in [-0.05, 0) is 42.5 Å². The van der Waals surface area contributed by atoms with Gasteiger partial charge in [-0.15, -0.1) is 0 Å². The molecule has 2 heterocycles. The van der Waals surface area contributed by atoms with E-state index in [0.717, 1.165) is 11.4 Å². The Morgan fingerprint density at radius 2 is 1.30 bits per heavy atom. The van der Waals surface area contributed by atoms with Crippen LogP contribution < -0.4 is 16.1 Å². The summed E-state index contributed by atoms with van der Waals surface area (Å²) in [5, 5.41) is 21.8. The second-order valence-corrected chi connectivity index (χ2v) is 7.63. The Hall–Kier alpha value is -5.58. The number of nitrogens with zero attached hydrogens (tertiary/aromatic N) is 5. The van der Waals surface area contributed by atoms with Crippen molar-refractivity contribution in [2.45, 2.75) is 0 Å². The lowest BCUT2D eigenvalue weighted by atomic mass is 10.1. The van der Waals surface area contributed by atoms with E-state index in [4.69, 9.17) is 4.42 Å². The lowest BCUT2D eigenvalue weighted by Crippen LogP contribution is -2.07. The second-order valence-electron chi connectivity index (χ2n) is 7.63. The lowest BCUT2D eigenvalue weighted by molar-refractivity contribution is -0.384. The molecule has 11 heteroatoms. The molecule has 0 bridgehead atoms. The highest BCUT2D eigenvalue weighted by Crippen LogP contribution is 2.30. The van der Waals surface area contributed by atoms with Crippen LogP contribution in [0.4, 0.5) is 34.9 Å². The van der Waals surface area contributed by atoms with Crippen molar-refractivity contribution >= 4 is 41.1 Å². The Labute approximate surface area is 211 Å². The molecule has 182 valence electrons. The first-order valence-electron chi connectivity index (χ1n) is 11.2. The normalized spacial score (nSPS) is 10.8. The van der Waals surface area contributed by atoms with Gasteiger partial charge in [0.15, 0.2) is 0 Å². The average molecular weight is 492 g/mol. The van der Waals surface area contributed by atoms with Crippen LogP contribution in [-0.4, -0.2) is 26.1 Å². The first kappa shape index (κ1) is 23.2. The van der Waals surface area contributed by atoms with Crippen molar-refractivity contribution < 1.29 is 9.34 Å². The number of nitrogens with one attached hydrogen (secondary N) is 3. The minimum absolute atomic E-state index is 0.0412. The fourth-order valence-corrected chi connectivity index (χ4v) is 3.40. The van der Waals surface area contributed by atoms with Gasteiger partial charge in [0.2, 0.25) is 17.8 Å². The SMILES string of the molecule is O=[N+]([O-])c1ccccc1-c1ccc(/C=N\Nc2nc(Nc3ccccc3)nc(Nc3ccccc3)n2)o1. The van der Waals surface area contributed by atoms with Crippen LogP contribution in [0.25, 0.3) is 11.3 Å². The molecule has 0 atom stereocenters. The Morgan fingerprint density at radius 3 is 1.92 bits per heavy atom. The molecule has 11 nitrogen and oxygen atoms in total. The smallest absolute Gasteiger partial charge is 0.280 e. The Kier molecular flexibility index (Phi) is 6.75. The molecule has 0 aliphatic rings. The molecule has 0 saturated heterocycles. The standard InChI is InChI=1S/C26H20N8O3/c35-34(36)22-14-8-7-13-21(22)23-16-15-20(37-23)17-27-33-26-31-24(28-18-9-3-1-4-10-18)30-25(32-26)29-19-11-5-2-6-12-19/h1-17H,(H3,28,29,30,31,32,33)/b27-17-. The van der Waals surface area contributed by atoms with Crippen LogP contribution in [0.2, 0.25) is 0 Å². The summed E-state index contributed by atoms with van der Waals surface area (Å²) in [7, 11) is 0. The zero-order chi connectivity index (χ0) is 25.5. The Bertz CT molecular complexity index is 1480. The molecule has 5 aromatic rings. The lowest BCUT2D eigenvalue weighted by Gasteiger charge is -2.10. The fourth-order valence-electron chi connectivity index (χ4n) is 3.40. The van der Waals surface area contributed by atoms with Crippen LogP contribution in [0.1, 0.15) is 5.76 Å². The van der Waals surface area contributed by atoms with Crippen molar-refractivity contribution in [3.8, 4) is 11.3 Å². The molecule has 2 aromatic heterocycles. The van der Waals surface area contributed by atoms with Gasteiger partial charge >= 0.3 is 0 Å². The van der Waals surface area contributed by atoms with Gasteiger partial charge in [0, 0.05) is 17.4 Å². The summed E-state index contributed by atoms with van der Waals surface area (Å²) in [6.07, 6.45) is 1.43. The molecule has 0 saturated carbocycles. The number of hydrazone groups is 1. The molecule has 3 aromatic carbocycles. The van der Waals surface area contributed by atoms with E-state index in [1.54, 1.807) is 30.3 Å². The van der Waals surface area contributed by atoms with E-state index in [1.807, 2.05) is 60.7 Å². The Balaban J connectivity index is 1.35. The Morgan fingerprint density at radius 1 is 0.730 bits per heavy atom. The van der Waals surface area contributed by atoms with Gasteiger partial charge in [-0.1, -0.05) is 48.5 Å². The monoisotopic (exact) mass is 492 g/mol. The molecule has 0 aliphatic carbocycles. The maximum atomic E-state index is 11.3. The maximum Gasteiger partial charge on any atom is 0.280 e. The molecule has 0 amide bonds. The van der Waals surface area contributed by atoms with Crippen LogP contribution in [-0.2, 0) is 0 Å². The molecule has 37 heavy (non-hydrogen) atoms. The highest BCUT2D eigenvalue weighted by atomic mass is 16.6. The second kappa shape index (κ2) is 10.8. The van der Waals surface area contributed by atoms with E-state index in [0.29, 0.717) is 29.0 Å². The van der Waals surface area contributed by atoms with Gasteiger partial charge in [-0.25, -0.2) is 5.43 Å². The number of nitro groups is 1. The largest absolute Gasteiger partial charge is 0.455 e. The topological polar surface area (TPSA) is 143 Å². The van der Waals surface area contributed by atoms with Gasteiger partial charge in [0.05, 0.1) is 16.7 Å². The molecule has 0 aliphatic heterocycles. The van der Waals surface area contributed by atoms with Crippen LogP contribution >= 0.6 is 0 Å².